The van der Waals surface area contributed by atoms with Crippen molar-refractivity contribution >= 4 is 17.5 Å². The quantitative estimate of drug-likeness (QED) is 0.151. The molecule has 4 aromatic rings. The average molecular weight is 575 g/mol. The fourth-order valence-electron chi connectivity index (χ4n) is 4.92. The molecule has 0 radical (unpaired) electrons. The molecule has 3 atom stereocenters. The van der Waals surface area contributed by atoms with Crippen molar-refractivity contribution in [3.63, 3.8) is 0 Å². The molecule has 0 saturated carbocycles. The number of nitrogens with one attached hydrogen (secondary N) is 1. The summed E-state index contributed by atoms with van der Waals surface area (Å²) in [4.78, 5) is 16.2. The lowest BCUT2D eigenvalue weighted by Crippen LogP contribution is -2.22. The van der Waals surface area contributed by atoms with E-state index in [-0.39, 0.29) is 31.2 Å². The number of aliphatic hydroxyl groups excluding tert-OH is 2. The van der Waals surface area contributed by atoms with Crippen LogP contribution in [0.15, 0.2) is 72.9 Å². The molecule has 0 bridgehead atoms. The molecule has 9 heteroatoms. The number of aliphatic hydroxyl groups is 2. The maximum absolute atomic E-state index is 14.0. The van der Waals surface area contributed by atoms with Gasteiger partial charge >= 0.3 is 5.97 Å². The zero-order valence-corrected chi connectivity index (χ0v) is 24.3. The van der Waals surface area contributed by atoms with E-state index in [1.807, 2.05) is 47.1 Å². The predicted octanol–water partition coefficient (Wildman–Crippen LogP) is 6.33. The Balaban J connectivity index is 1.70. The van der Waals surface area contributed by atoms with E-state index < -0.39 is 18.2 Å². The first kappa shape index (κ1) is 30.9. The predicted molar refractivity (Wildman–Crippen MR) is 161 cm³/mol. The molecule has 0 aliphatic carbocycles. The molecule has 2 aromatic carbocycles. The molecule has 0 spiro atoms. The zero-order valence-electron chi connectivity index (χ0n) is 24.3. The topological polar surface area (TPSA) is 110 Å². The molecule has 0 saturated heterocycles. The first-order chi connectivity index (χ1) is 20.3. The number of aromatic nitrogens is 3. The van der Waals surface area contributed by atoms with Crippen molar-refractivity contribution in [3.05, 3.63) is 90.0 Å². The number of esters is 1. The second kappa shape index (κ2) is 14.7. The Morgan fingerprint density at radius 1 is 1.05 bits per heavy atom. The minimum absolute atomic E-state index is 0.0520. The molecule has 4 rings (SSSR count). The lowest BCUT2D eigenvalue weighted by atomic mass is 9.92. The van der Waals surface area contributed by atoms with Crippen LogP contribution in [0, 0.1) is 5.82 Å². The molecule has 2 aromatic heterocycles. The van der Waals surface area contributed by atoms with Gasteiger partial charge in [0.25, 0.3) is 0 Å². The Morgan fingerprint density at radius 2 is 1.79 bits per heavy atom. The van der Waals surface area contributed by atoms with E-state index in [0.29, 0.717) is 18.7 Å². The number of ether oxygens (including phenoxy) is 1. The van der Waals surface area contributed by atoms with Crippen LogP contribution in [0.2, 0.25) is 0 Å². The van der Waals surface area contributed by atoms with Crippen molar-refractivity contribution in [3.8, 4) is 16.9 Å². The highest BCUT2D eigenvalue weighted by molar-refractivity contribution is 5.70. The summed E-state index contributed by atoms with van der Waals surface area (Å²) >= 11 is 0. The van der Waals surface area contributed by atoms with Crippen LogP contribution < -0.4 is 5.32 Å². The molecule has 0 aliphatic rings. The summed E-state index contributed by atoms with van der Waals surface area (Å²) in [5, 5.41) is 29.5. The molecule has 3 N–H and O–H groups in total. The van der Waals surface area contributed by atoms with Crippen LogP contribution in [0.1, 0.15) is 63.6 Å². The third kappa shape index (κ3) is 8.02. The normalized spacial score (nSPS) is 13.4. The molecular weight excluding hydrogens is 535 g/mol. The van der Waals surface area contributed by atoms with Gasteiger partial charge in [-0.1, -0.05) is 32.0 Å². The van der Waals surface area contributed by atoms with Crippen molar-refractivity contribution in [1.29, 1.82) is 0 Å². The van der Waals surface area contributed by atoms with Crippen LogP contribution in [-0.2, 0) is 16.0 Å². The van der Waals surface area contributed by atoms with Gasteiger partial charge in [-0.25, -0.2) is 14.1 Å². The van der Waals surface area contributed by atoms with Gasteiger partial charge in [-0.2, -0.15) is 5.10 Å². The first-order valence-corrected chi connectivity index (χ1v) is 14.5. The number of halogens is 1. The summed E-state index contributed by atoms with van der Waals surface area (Å²) < 4.78 is 20.7. The average Bonchev–Trinajstić information content (AvgIpc) is 3.36. The second-order valence-corrected chi connectivity index (χ2v) is 10.4. The summed E-state index contributed by atoms with van der Waals surface area (Å²) in [6.45, 7) is 6.16. The van der Waals surface area contributed by atoms with Gasteiger partial charge in [0.2, 0.25) is 0 Å². The Hall–Kier alpha value is -4.08. The first-order valence-electron chi connectivity index (χ1n) is 14.5. The van der Waals surface area contributed by atoms with Gasteiger partial charge in [0.1, 0.15) is 11.6 Å². The van der Waals surface area contributed by atoms with Gasteiger partial charge in [-0.15, -0.1) is 0 Å². The summed E-state index contributed by atoms with van der Waals surface area (Å²) in [6.07, 6.45) is 1.43. The van der Waals surface area contributed by atoms with Crippen molar-refractivity contribution in [2.75, 3.05) is 11.9 Å². The summed E-state index contributed by atoms with van der Waals surface area (Å²) in [7, 11) is 0. The highest BCUT2D eigenvalue weighted by Gasteiger charge is 2.25. The number of pyridine rings is 1. The van der Waals surface area contributed by atoms with Gasteiger partial charge in [-0.3, -0.25) is 4.79 Å². The van der Waals surface area contributed by atoms with Crippen molar-refractivity contribution in [2.45, 2.75) is 71.0 Å². The summed E-state index contributed by atoms with van der Waals surface area (Å²) in [5.41, 5.74) is 5.13. The van der Waals surface area contributed by atoms with Gasteiger partial charge in [0.15, 0.2) is 0 Å². The largest absolute Gasteiger partial charge is 0.466 e. The Morgan fingerprint density at radius 3 is 2.48 bits per heavy atom. The van der Waals surface area contributed by atoms with Crippen molar-refractivity contribution in [1.82, 2.24) is 14.8 Å². The van der Waals surface area contributed by atoms with E-state index in [2.05, 4.69) is 24.1 Å². The highest BCUT2D eigenvalue weighted by Crippen LogP contribution is 2.35. The molecule has 3 unspecified atom stereocenters. The van der Waals surface area contributed by atoms with E-state index in [0.717, 1.165) is 40.3 Å². The van der Waals surface area contributed by atoms with E-state index >= 15 is 0 Å². The van der Waals surface area contributed by atoms with Gasteiger partial charge in [0.05, 0.1) is 42.3 Å². The van der Waals surface area contributed by atoms with Crippen LogP contribution in [0.3, 0.4) is 0 Å². The van der Waals surface area contributed by atoms with E-state index in [1.54, 1.807) is 25.3 Å². The Labute approximate surface area is 246 Å². The summed E-state index contributed by atoms with van der Waals surface area (Å²) in [5.74, 6) is -0.0555. The molecule has 2 heterocycles. The maximum atomic E-state index is 14.0. The van der Waals surface area contributed by atoms with Crippen LogP contribution >= 0.6 is 0 Å². The molecule has 222 valence electrons. The van der Waals surface area contributed by atoms with Gasteiger partial charge in [0, 0.05) is 35.0 Å². The zero-order chi connectivity index (χ0) is 30.1. The van der Waals surface area contributed by atoms with Crippen LogP contribution in [0.25, 0.3) is 16.9 Å². The monoisotopic (exact) mass is 574 g/mol. The SMILES string of the molecule is CCOC(=O)CC(O)CC(O)CCc1c(C(C)CC)nn(-c2ccnc(Nc3ccccc3)c2)c1-c1ccc(F)cc1. The fourth-order valence-corrected chi connectivity index (χ4v) is 4.92. The Kier molecular flexibility index (Phi) is 10.8. The number of nitrogens with zero attached hydrogens (tertiary/aromatic N) is 3. The number of rotatable bonds is 14. The molecule has 8 nitrogen and oxygen atoms in total. The maximum Gasteiger partial charge on any atom is 0.308 e. The number of hydrogen-bond acceptors (Lipinski definition) is 7. The third-order valence-electron chi connectivity index (χ3n) is 7.23. The highest BCUT2D eigenvalue weighted by atomic mass is 19.1. The van der Waals surface area contributed by atoms with Crippen LogP contribution in [0.5, 0.6) is 0 Å². The lowest BCUT2D eigenvalue weighted by molar-refractivity contribution is -0.145. The Bertz CT molecular complexity index is 1440. The number of carbonyl (C=O) groups excluding carboxylic acids is 1. The van der Waals surface area contributed by atoms with Crippen LogP contribution in [0.4, 0.5) is 15.9 Å². The summed E-state index contributed by atoms with van der Waals surface area (Å²) in [6, 6.07) is 19.9. The van der Waals surface area contributed by atoms with Crippen molar-refractivity contribution < 1.29 is 24.1 Å². The molecular formula is C33H39FN4O4. The minimum Gasteiger partial charge on any atom is -0.466 e. The van der Waals surface area contributed by atoms with E-state index in [9.17, 15) is 19.4 Å². The molecule has 42 heavy (non-hydrogen) atoms. The number of benzene rings is 2. The molecule has 0 fully saturated rings. The second-order valence-electron chi connectivity index (χ2n) is 10.4. The number of para-hydroxylation sites is 1. The van der Waals surface area contributed by atoms with E-state index in [1.165, 1.54) is 12.1 Å². The number of hydrogen-bond donors (Lipinski definition) is 3. The minimum atomic E-state index is -1.00. The number of anilines is 2. The van der Waals surface area contributed by atoms with Gasteiger partial charge in [-0.05, 0) is 75.1 Å². The van der Waals surface area contributed by atoms with Gasteiger partial charge < -0.3 is 20.3 Å². The van der Waals surface area contributed by atoms with Crippen LogP contribution in [-0.4, -0.2) is 49.8 Å². The molecule has 0 aliphatic heterocycles. The smallest absolute Gasteiger partial charge is 0.308 e. The fraction of sp³-hybridized carbons (Fsp3) is 0.364. The van der Waals surface area contributed by atoms with Crippen molar-refractivity contribution in [2.24, 2.45) is 0 Å². The lowest BCUT2D eigenvalue weighted by Gasteiger charge is -2.17. The number of carbonyl (C=O) groups is 1. The van der Waals surface area contributed by atoms with E-state index in [4.69, 9.17) is 9.84 Å². The third-order valence-corrected chi connectivity index (χ3v) is 7.23. The standard InChI is InChI=1S/C33H39FN4O4/c1-4-22(3)32-29(16-15-27(39)20-28(40)21-31(41)42-5-2)33(23-11-13-24(34)14-12-23)38(37-32)26-17-18-35-30(19-26)36-25-9-7-6-8-10-25/h6-14,17-19,22,27-28,39-40H,4-5,15-16,20-21H2,1-3H3,(H,35,36). The molecule has 0 amide bonds.